The fraction of sp³-hybridized carbons (Fsp3) is 0.667. The zero-order valence-corrected chi connectivity index (χ0v) is 10.9. The molecular weight excluding hydrogens is 258 g/mol. The van der Waals surface area contributed by atoms with Gasteiger partial charge in [-0.3, -0.25) is 0 Å². The molecule has 0 heterocycles. The summed E-state index contributed by atoms with van der Waals surface area (Å²) in [5.41, 5.74) is 0. The first-order chi connectivity index (χ1) is 3.42. The molecule has 0 aromatic rings. The van der Waals surface area contributed by atoms with Crippen LogP contribution in [0.2, 0.25) is 0 Å². The summed E-state index contributed by atoms with van der Waals surface area (Å²) in [6.45, 7) is 0. The molecule has 0 atom stereocenters. The smallest absolute Gasteiger partial charge is 0.550 e. The summed E-state index contributed by atoms with van der Waals surface area (Å²) < 4.78 is 32.7. The van der Waals surface area contributed by atoms with Crippen LogP contribution in [0.4, 0.5) is 13.2 Å². The molecule has 6 heteroatoms. The topological polar surface area (TPSA) is 40.1 Å². The SMILES string of the molecule is O=C([O-])CC(F)(F)F.[Cs+]. The molecular formula is C3H2CsF3O2. The maximum absolute atomic E-state index is 10.9. The Morgan fingerprint density at radius 2 is 1.78 bits per heavy atom. The van der Waals surface area contributed by atoms with Crippen LogP contribution < -0.4 is 74.0 Å². The van der Waals surface area contributed by atoms with Crippen LogP contribution in [0.25, 0.3) is 0 Å². The Kier molecular flexibility index (Phi) is 7.23. The van der Waals surface area contributed by atoms with Crippen molar-refractivity contribution in [2.24, 2.45) is 0 Å². The van der Waals surface area contributed by atoms with Crippen LogP contribution in [0.1, 0.15) is 6.42 Å². The number of rotatable bonds is 1. The normalized spacial score (nSPS) is 10.1. The van der Waals surface area contributed by atoms with Crippen LogP contribution in [0.3, 0.4) is 0 Å². The minimum atomic E-state index is -4.64. The molecule has 2 nitrogen and oxygen atoms in total. The molecule has 0 saturated carbocycles. The fourth-order valence-electron chi connectivity index (χ4n) is 0.164. The Hall–Kier alpha value is 1.31. The second kappa shape index (κ2) is 5.03. The molecule has 0 spiro atoms. The molecule has 9 heavy (non-hydrogen) atoms. The molecule has 0 N–H and O–H groups in total. The van der Waals surface area contributed by atoms with E-state index < -0.39 is 18.6 Å². The number of alkyl halides is 3. The molecule has 0 saturated heterocycles. The first kappa shape index (κ1) is 12.9. The van der Waals surface area contributed by atoms with Gasteiger partial charge in [0.05, 0.1) is 12.4 Å². The zero-order valence-electron chi connectivity index (χ0n) is 4.66. The first-order valence-corrected chi connectivity index (χ1v) is 1.68. The minimum absolute atomic E-state index is 0. The molecule has 0 aromatic heterocycles. The van der Waals surface area contributed by atoms with E-state index in [4.69, 9.17) is 0 Å². The summed E-state index contributed by atoms with van der Waals surface area (Å²) in [4.78, 5) is 9.18. The van der Waals surface area contributed by atoms with E-state index in [0.717, 1.165) is 0 Å². The van der Waals surface area contributed by atoms with Crippen LogP contribution in [0, 0.1) is 0 Å². The third-order valence-corrected chi connectivity index (χ3v) is 0.345. The summed E-state index contributed by atoms with van der Waals surface area (Å²) >= 11 is 0. The second-order valence-electron chi connectivity index (χ2n) is 1.16. The number of hydrogen-bond acceptors (Lipinski definition) is 2. The number of carboxylic acid groups (broad SMARTS) is 1. The molecule has 0 unspecified atom stereocenters. The van der Waals surface area contributed by atoms with Gasteiger partial charge in [0.25, 0.3) is 0 Å². The van der Waals surface area contributed by atoms with Gasteiger partial charge < -0.3 is 9.90 Å². The molecule has 0 aliphatic rings. The molecule has 0 aromatic carbocycles. The summed E-state index contributed by atoms with van der Waals surface area (Å²) in [5, 5.41) is 9.18. The van der Waals surface area contributed by atoms with Crippen LogP contribution in [0.15, 0.2) is 0 Å². The van der Waals surface area contributed by atoms with E-state index >= 15 is 0 Å². The van der Waals surface area contributed by atoms with Gasteiger partial charge in [0.2, 0.25) is 0 Å². The van der Waals surface area contributed by atoms with E-state index in [-0.39, 0.29) is 68.9 Å². The average molecular weight is 260 g/mol. The van der Waals surface area contributed by atoms with E-state index in [9.17, 15) is 23.1 Å². The van der Waals surface area contributed by atoms with Crippen molar-refractivity contribution in [3.8, 4) is 0 Å². The molecule has 0 bridgehead atoms. The molecule has 0 aliphatic carbocycles. The number of carbonyl (C=O) groups is 1. The van der Waals surface area contributed by atoms with E-state index in [1.54, 1.807) is 0 Å². The maximum atomic E-state index is 10.9. The molecule has 0 fully saturated rings. The maximum Gasteiger partial charge on any atom is 1.00 e. The van der Waals surface area contributed by atoms with Crippen molar-refractivity contribution in [2.45, 2.75) is 12.6 Å². The average Bonchev–Trinajstić information content (AvgIpc) is 1.21. The minimum Gasteiger partial charge on any atom is -0.550 e. The van der Waals surface area contributed by atoms with Crippen molar-refractivity contribution in [3.05, 3.63) is 0 Å². The summed E-state index contributed by atoms with van der Waals surface area (Å²) in [5.74, 6) is -2.10. The van der Waals surface area contributed by atoms with Gasteiger partial charge in [-0.25, -0.2) is 0 Å². The third-order valence-electron chi connectivity index (χ3n) is 0.345. The molecule has 0 aliphatic heterocycles. The first-order valence-electron chi connectivity index (χ1n) is 1.68. The van der Waals surface area contributed by atoms with E-state index in [0.29, 0.717) is 0 Å². The van der Waals surface area contributed by atoms with Gasteiger partial charge in [-0.1, -0.05) is 0 Å². The molecule has 0 amide bonds. The van der Waals surface area contributed by atoms with Crippen molar-refractivity contribution >= 4 is 5.97 Å². The van der Waals surface area contributed by atoms with Crippen molar-refractivity contribution in [1.82, 2.24) is 0 Å². The fourth-order valence-corrected chi connectivity index (χ4v) is 0.164. The third kappa shape index (κ3) is 12.5. The van der Waals surface area contributed by atoms with Crippen molar-refractivity contribution in [2.75, 3.05) is 0 Å². The zero-order chi connectivity index (χ0) is 6.78. The Balaban J connectivity index is 0. The monoisotopic (exact) mass is 260 g/mol. The van der Waals surface area contributed by atoms with Crippen LogP contribution in [-0.4, -0.2) is 12.1 Å². The largest absolute Gasteiger partial charge is 1.00 e. The molecule has 0 rings (SSSR count). The van der Waals surface area contributed by atoms with Crippen molar-refractivity contribution in [1.29, 1.82) is 0 Å². The number of carboxylic acids is 1. The Morgan fingerprint density at radius 1 is 1.44 bits per heavy atom. The Bertz CT molecular complexity index is 99.7. The Morgan fingerprint density at radius 3 is 1.78 bits per heavy atom. The van der Waals surface area contributed by atoms with Gasteiger partial charge in [0.1, 0.15) is 0 Å². The predicted molar refractivity (Wildman–Crippen MR) is 15.7 cm³/mol. The van der Waals surface area contributed by atoms with Gasteiger partial charge in [0, 0.05) is 0 Å². The quantitative estimate of drug-likeness (QED) is 0.495. The summed E-state index contributed by atoms with van der Waals surface area (Å²) in [6, 6.07) is 0. The number of carbonyl (C=O) groups excluding carboxylic acids is 1. The van der Waals surface area contributed by atoms with Crippen LogP contribution in [0.5, 0.6) is 0 Å². The van der Waals surface area contributed by atoms with Gasteiger partial charge in [-0.15, -0.1) is 0 Å². The standard InChI is InChI=1S/C3H3F3O2.Cs/c4-3(5,6)1-2(7)8;/h1H2,(H,7,8);/q;+1/p-1. The van der Waals surface area contributed by atoms with Crippen molar-refractivity contribution < 1.29 is 92.0 Å². The van der Waals surface area contributed by atoms with E-state index in [1.165, 1.54) is 0 Å². The summed E-state index contributed by atoms with van der Waals surface area (Å²) in [6.07, 6.45) is -6.51. The number of aliphatic carboxylic acids is 1. The van der Waals surface area contributed by atoms with E-state index in [1.807, 2.05) is 0 Å². The van der Waals surface area contributed by atoms with Gasteiger partial charge in [0.15, 0.2) is 0 Å². The van der Waals surface area contributed by atoms with Gasteiger partial charge in [-0.2, -0.15) is 13.2 Å². The van der Waals surface area contributed by atoms with E-state index in [2.05, 4.69) is 0 Å². The number of halogens is 3. The molecule has 0 radical (unpaired) electrons. The predicted octanol–water partition coefficient (Wildman–Crippen LogP) is -3.31. The van der Waals surface area contributed by atoms with Gasteiger partial charge >= 0.3 is 75.1 Å². The van der Waals surface area contributed by atoms with Crippen molar-refractivity contribution in [3.63, 3.8) is 0 Å². The van der Waals surface area contributed by atoms with Crippen LogP contribution in [-0.2, 0) is 4.79 Å². The van der Waals surface area contributed by atoms with Gasteiger partial charge in [-0.05, 0) is 0 Å². The van der Waals surface area contributed by atoms with Crippen LogP contribution >= 0.6 is 0 Å². The second-order valence-corrected chi connectivity index (χ2v) is 1.16. The Labute approximate surface area is 108 Å². The molecule has 48 valence electrons. The summed E-state index contributed by atoms with van der Waals surface area (Å²) in [7, 11) is 0. The number of hydrogen-bond donors (Lipinski definition) is 0.